The summed E-state index contributed by atoms with van der Waals surface area (Å²) in [6.45, 7) is 12.1. The summed E-state index contributed by atoms with van der Waals surface area (Å²) in [4.78, 5) is 38.8. The third-order valence-electron chi connectivity index (χ3n) is 6.74. The second-order valence-electron chi connectivity index (χ2n) is 8.81. The summed E-state index contributed by atoms with van der Waals surface area (Å²) in [5.41, 5.74) is 19.5. The normalized spacial score (nSPS) is 11.4. The minimum Gasteiger partial charge on any atom is -0.460 e. The maximum absolute atomic E-state index is 13.1. The molecular formula is C25H29N5O3S2. The van der Waals surface area contributed by atoms with Crippen molar-refractivity contribution in [1.82, 2.24) is 14.9 Å². The number of fused-ring (bicyclic) bond motifs is 2. The predicted octanol–water partition coefficient (Wildman–Crippen LogP) is 4.85. The zero-order chi connectivity index (χ0) is 25.8. The highest BCUT2D eigenvalue weighted by atomic mass is 32.1. The molecule has 0 bridgehead atoms. The van der Waals surface area contributed by atoms with Gasteiger partial charge in [0, 0.05) is 29.2 Å². The van der Waals surface area contributed by atoms with E-state index in [0.29, 0.717) is 21.1 Å². The van der Waals surface area contributed by atoms with Gasteiger partial charge in [0.05, 0.1) is 17.9 Å². The molecule has 0 spiro atoms. The van der Waals surface area contributed by atoms with Crippen molar-refractivity contribution in [2.75, 3.05) is 31.7 Å². The van der Waals surface area contributed by atoms with Gasteiger partial charge in [-0.25, -0.2) is 14.8 Å². The van der Waals surface area contributed by atoms with Crippen LogP contribution in [0, 0.1) is 41.5 Å². The van der Waals surface area contributed by atoms with E-state index in [1.54, 1.807) is 7.05 Å². The number of pyridine rings is 2. The van der Waals surface area contributed by atoms with Gasteiger partial charge < -0.3 is 21.1 Å². The van der Waals surface area contributed by atoms with Crippen molar-refractivity contribution in [2.45, 2.75) is 41.5 Å². The predicted molar refractivity (Wildman–Crippen MR) is 144 cm³/mol. The van der Waals surface area contributed by atoms with E-state index in [2.05, 4.69) is 9.97 Å². The molecule has 4 aromatic rings. The third-order valence-corrected chi connectivity index (χ3v) is 8.91. The molecule has 0 fully saturated rings. The van der Waals surface area contributed by atoms with Gasteiger partial charge in [-0.15, -0.1) is 22.7 Å². The van der Waals surface area contributed by atoms with E-state index in [9.17, 15) is 9.59 Å². The van der Waals surface area contributed by atoms with Gasteiger partial charge in [0.2, 0.25) is 0 Å². The van der Waals surface area contributed by atoms with Crippen molar-refractivity contribution < 1.29 is 14.3 Å². The molecule has 0 radical (unpaired) electrons. The van der Waals surface area contributed by atoms with E-state index >= 15 is 0 Å². The van der Waals surface area contributed by atoms with Gasteiger partial charge in [-0.3, -0.25) is 4.79 Å². The van der Waals surface area contributed by atoms with E-state index in [0.717, 1.165) is 54.1 Å². The maximum atomic E-state index is 13.1. The molecule has 10 heteroatoms. The Morgan fingerprint density at radius 1 is 0.800 bits per heavy atom. The molecule has 0 aromatic carbocycles. The lowest BCUT2D eigenvalue weighted by atomic mass is 10.1. The molecule has 8 nitrogen and oxygen atoms in total. The molecule has 0 saturated carbocycles. The van der Waals surface area contributed by atoms with E-state index in [-0.39, 0.29) is 19.1 Å². The van der Waals surface area contributed by atoms with Crippen LogP contribution < -0.4 is 11.5 Å². The monoisotopic (exact) mass is 511 g/mol. The largest absolute Gasteiger partial charge is 0.460 e. The summed E-state index contributed by atoms with van der Waals surface area (Å²) >= 11 is 2.51. The van der Waals surface area contributed by atoms with E-state index in [1.165, 1.54) is 27.6 Å². The molecular weight excluding hydrogens is 482 g/mol. The number of aromatic nitrogens is 2. The molecule has 184 valence electrons. The van der Waals surface area contributed by atoms with Crippen LogP contribution in [0.2, 0.25) is 0 Å². The smallest absolute Gasteiger partial charge is 0.350 e. The molecule has 4 aromatic heterocycles. The zero-order valence-electron chi connectivity index (χ0n) is 21.0. The fourth-order valence-electron chi connectivity index (χ4n) is 4.06. The molecule has 0 atom stereocenters. The molecule has 4 heterocycles. The molecule has 0 aliphatic carbocycles. The number of nitrogens with two attached hydrogens (primary N) is 2. The van der Waals surface area contributed by atoms with Gasteiger partial charge in [0.25, 0.3) is 5.91 Å². The van der Waals surface area contributed by atoms with Crippen LogP contribution in [-0.2, 0) is 4.74 Å². The quantitative estimate of drug-likeness (QED) is 0.367. The lowest BCUT2D eigenvalue weighted by molar-refractivity contribution is 0.0459. The van der Waals surface area contributed by atoms with Gasteiger partial charge in [0.1, 0.15) is 26.0 Å². The molecule has 1 amide bonds. The Labute approximate surface area is 211 Å². The number of nitrogens with zero attached hydrogens (tertiary/aromatic N) is 3. The average Bonchev–Trinajstić information content (AvgIpc) is 3.31. The number of thiophene rings is 2. The number of likely N-dealkylation sites (N-methyl/N-ethyl adjacent to an activating group) is 1. The standard InChI is InChI=1S/C25H29N5O3S2/c1-10-12(3)16-18(26)20(34-22(16)28-14(10)5)24(31)30(7)8-9-33-25(32)21-19(27)17-13(4)11(2)15(6)29-23(17)35-21/h8-9,26-27H2,1-7H3. The van der Waals surface area contributed by atoms with Crippen molar-refractivity contribution in [3.63, 3.8) is 0 Å². The van der Waals surface area contributed by atoms with Crippen LogP contribution in [0.25, 0.3) is 20.4 Å². The highest BCUT2D eigenvalue weighted by molar-refractivity contribution is 7.21. The minimum absolute atomic E-state index is 0.0273. The van der Waals surface area contributed by atoms with Crippen molar-refractivity contribution in [2.24, 2.45) is 0 Å². The molecule has 0 saturated heterocycles. The molecule has 0 unspecified atom stereocenters. The summed E-state index contributed by atoms with van der Waals surface area (Å²) in [7, 11) is 1.66. The average molecular weight is 512 g/mol. The topological polar surface area (TPSA) is 124 Å². The Balaban J connectivity index is 1.47. The fraction of sp³-hybridized carbons (Fsp3) is 0.360. The number of carbonyl (C=O) groups excluding carboxylic acids is 2. The van der Waals surface area contributed by atoms with Gasteiger partial charge in [-0.2, -0.15) is 0 Å². The summed E-state index contributed by atoms with van der Waals surface area (Å²) < 4.78 is 5.46. The number of hydrogen-bond donors (Lipinski definition) is 2. The number of hydrogen-bond acceptors (Lipinski definition) is 9. The SMILES string of the molecule is Cc1nc2sc(C(=O)OCCN(C)C(=O)c3sc4nc(C)c(C)c(C)c4c3N)c(N)c2c(C)c1C. The summed E-state index contributed by atoms with van der Waals surface area (Å²) in [5, 5.41) is 1.63. The summed E-state index contributed by atoms with van der Waals surface area (Å²) in [5.74, 6) is -0.753. The fourth-order valence-corrected chi connectivity index (χ4v) is 6.35. The number of nitrogen functional groups attached to an aromatic ring is 2. The number of carbonyl (C=O) groups is 2. The zero-order valence-corrected chi connectivity index (χ0v) is 22.6. The molecule has 35 heavy (non-hydrogen) atoms. The first-order valence-electron chi connectivity index (χ1n) is 11.2. The van der Waals surface area contributed by atoms with E-state index < -0.39 is 5.97 Å². The van der Waals surface area contributed by atoms with Crippen molar-refractivity contribution >= 4 is 66.4 Å². The van der Waals surface area contributed by atoms with Crippen molar-refractivity contribution in [3.8, 4) is 0 Å². The Kier molecular flexibility index (Phi) is 6.46. The highest BCUT2D eigenvalue weighted by Gasteiger charge is 2.24. The lowest BCUT2D eigenvalue weighted by Crippen LogP contribution is -2.30. The van der Waals surface area contributed by atoms with Crippen LogP contribution in [0.3, 0.4) is 0 Å². The van der Waals surface area contributed by atoms with Gasteiger partial charge in [-0.05, 0) is 63.8 Å². The van der Waals surface area contributed by atoms with Crippen LogP contribution in [-0.4, -0.2) is 46.9 Å². The van der Waals surface area contributed by atoms with Crippen LogP contribution in [0.4, 0.5) is 11.4 Å². The lowest BCUT2D eigenvalue weighted by Gasteiger charge is -2.16. The molecule has 0 aliphatic heterocycles. The third kappa shape index (κ3) is 4.10. The molecule has 4 N–H and O–H groups in total. The second-order valence-corrected chi connectivity index (χ2v) is 10.8. The molecule has 4 rings (SSSR count). The second kappa shape index (κ2) is 9.09. The highest BCUT2D eigenvalue weighted by Crippen LogP contribution is 2.38. The van der Waals surface area contributed by atoms with Crippen LogP contribution in [0.1, 0.15) is 53.0 Å². The van der Waals surface area contributed by atoms with Crippen LogP contribution in [0.5, 0.6) is 0 Å². The van der Waals surface area contributed by atoms with Crippen LogP contribution >= 0.6 is 22.7 Å². The minimum atomic E-state index is -0.520. The van der Waals surface area contributed by atoms with Gasteiger partial charge in [-0.1, -0.05) is 0 Å². The first-order valence-corrected chi connectivity index (χ1v) is 12.8. The summed E-state index contributed by atoms with van der Waals surface area (Å²) in [6.07, 6.45) is 0. The Morgan fingerprint density at radius 2 is 1.26 bits per heavy atom. The number of aryl methyl sites for hydroxylation is 4. The number of esters is 1. The van der Waals surface area contributed by atoms with Gasteiger partial charge in [0.15, 0.2) is 0 Å². The number of anilines is 2. The maximum Gasteiger partial charge on any atom is 0.350 e. The first-order chi connectivity index (χ1) is 16.4. The summed E-state index contributed by atoms with van der Waals surface area (Å²) in [6, 6.07) is 0. The van der Waals surface area contributed by atoms with Crippen molar-refractivity contribution in [1.29, 1.82) is 0 Å². The number of rotatable bonds is 5. The number of ether oxygens (including phenoxy) is 1. The van der Waals surface area contributed by atoms with E-state index in [4.69, 9.17) is 16.2 Å². The Hall–Kier alpha value is -3.24. The van der Waals surface area contributed by atoms with Crippen LogP contribution in [0.15, 0.2) is 0 Å². The Bertz CT molecular complexity index is 1520. The number of amides is 1. The van der Waals surface area contributed by atoms with Crippen molar-refractivity contribution in [3.05, 3.63) is 43.4 Å². The Morgan fingerprint density at radius 3 is 1.77 bits per heavy atom. The first kappa shape index (κ1) is 24.9. The van der Waals surface area contributed by atoms with Gasteiger partial charge >= 0.3 is 5.97 Å². The van der Waals surface area contributed by atoms with E-state index in [1.807, 2.05) is 41.5 Å². The molecule has 0 aliphatic rings.